The molecule has 0 saturated heterocycles. The minimum atomic E-state index is -4.77. The first-order chi connectivity index (χ1) is 36.2. The molecule has 0 spiro atoms. The molecular formula is C56H54F6N6O8. The molecule has 398 valence electrons. The lowest BCUT2D eigenvalue weighted by Gasteiger charge is -2.41. The summed E-state index contributed by atoms with van der Waals surface area (Å²) in [7, 11) is 0. The average Bonchev–Trinajstić information content (AvgIpc) is 3.43. The molecule has 14 nitrogen and oxygen atoms in total. The largest absolute Gasteiger partial charge is 0.463 e. The minimum absolute atomic E-state index is 0.0473. The van der Waals surface area contributed by atoms with Crippen molar-refractivity contribution in [2.75, 3.05) is 23.0 Å². The number of nitrogens with zero attached hydrogens (tertiary/aromatic N) is 6. The monoisotopic (exact) mass is 1050 g/mol. The number of unbranched alkanes of at least 4 members (excludes halogenated alkanes) is 7. The van der Waals surface area contributed by atoms with E-state index in [2.05, 4.69) is 0 Å². The highest BCUT2D eigenvalue weighted by Crippen LogP contribution is 2.44. The van der Waals surface area contributed by atoms with Crippen LogP contribution in [0, 0.1) is 22.7 Å². The summed E-state index contributed by atoms with van der Waals surface area (Å²) in [5, 5.41) is 18.9. The summed E-state index contributed by atoms with van der Waals surface area (Å²) >= 11 is 0. The second kappa shape index (κ2) is 24.8. The summed E-state index contributed by atoms with van der Waals surface area (Å²) < 4.78 is 94.0. The Bertz CT molecular complexity index is 2790. The zero-order valence-electron chi connectivity index (χ0n) is 42.1. The van der Waals surface area contributed by atoms with Crippen LogP contribution in [0.1, 0.15) is 137 Å². The molecule has 2 heterocycles. The summed E-state index contributed by atoms with van der Waals surface area (Å²) in [6.45, 7) is 5.68. The van der Waals surface area contributed by atoms with Crippen molar-refractivity contribution in [1.82, 2.24) is 9.80 Å². The number of carbonyl (C=O) groups excluding carboxylic acids is 6. The molecule has 6 rings (SSSR count). The number of esters is 2. The lowest BCUT2D eigenvalue weighted by atomic mass is 9.91. The molecule has 0 aromatic heterocycles. The van der Waals surface area contributed by atoms with Gasteiger partial charge in [-0.2, -0.15) is 36.9 Å². The van der Waals surface area contributed by atoms with Crippen LogP contribution in [0.5, 0.6) is 0 Å². The Hall–Kier alpha value is -8.26. The summed E-state index contributed by atoms with van der Waals surface area (Å²) in [4.78, 5) is 88.4. The third kappa shape index (κ3) is 12.8. The number of benzene rings is 4. The van der Waals surface area contributed by atoms with Crippen LogP contribution in [0.3, 0.4) is 0 Å². The molecule has 6 amide bonds. The van der Waals surface area contributed by atoms with Crippen molar-refractivity contribution < 1.29 is 64.6 Å². The topological polar surface area (TPSA) is 181 Å². The summed E-state index contributed by atoms with van der Waals surface area (Å²) in [6.07, 6.45) is -5.59. The maximum atomic E-state index is 14.5. The predicted octanol–water partition coefficient (Wildman–Crippen LogP) is 12.8. The number of hydrogen-bond acceptors (Lipinski definition) is 10. The number of hydrogen-bond donors (Lipinski definition) is 0. The third-order valence-electron chi connectivity index (χ3n) is 12.9. The van der Waals surface area contributed by atoms with E-state index in [4.69, 9.17) is 9.47 Å². The number of anilines is 2. The van der Waals surface area contributed by atoms with Gasteiger partial charge in [-0.3, -0.25) is 29.2 Å². The number of alkyl halides is 6. The van der Waals surface area contributed by atoms with Gasteiger partial charge in [-0.15, -0.1) is 0 Å². The smallest absolute Gasteiger partial charge is 0.416 e. The van der Waals surface area contributed by atoms with Crippen LogP contribution in [0.25, 0.3) is 0 Å². The second-order valence-electron chi connectivity index (χ2n) is 17.9. The summed E-state index contributed by atoms with van der Waals surface area (Å²) in [5.41, 5.74) is -1.90. The summed E-state index contributed by atoms with van der Waals surface area (Å²) in [5.74, 6) is -3.21. The Labute approximate surface area is 435 Å². The first-order valence-electron chi connectivity index (χ1n) is 24.6. The number of imide groups is 2. The molecule has 0 aliphatic carbocycles. The quantitative estimate of drug-likeness (QED) is 0.0498. The number of nitriles is 2. The molecule has 0 saturated carbocycles. The Kier molecular flexibility index (Phi) is 18.6. The lowest BCUT2D eigenvalue weighted by molar-refractivity contribution is -0.141. The highest BCUT2D eigenvalue weighted by molar-refractivity contribution is 6.11. The van der Waals surface area contributed by atoms with Gasteiger partial charge < -0.3 is 9.47 Å². The highest BCUT2D eigenvalue weighted by Gasteiger charge is 2.48. The van der Waals surface area contributed by atoms with Crippen LogP contribution >= 0.6 is 0 Å². The predicted molar refractivity (Wildman–Crippen MR) is 265 cm³/mol. The molecule has 0 N–H and O–H groups in total. The zero-order chi connectivity index (χ0) is 55.5. The van der Waals surface area contributed by atoms with Crippen LogP contribution in [0.4, 0.5) is 47.3 Å². The van der Waals surface area contributed by atoms with Crippen LogP contribution < -0.4 is 9.80 Å². The van der Waals surface area contributed by atoms with Gasteiger partial charge in [-0.1, -0.05) is 74.9 Å². The SMILES string of the molecule is CCOC(=O)C1=C(C)N(c2cccc(C(F)(F)F)c2)C(=O)N(C(=O)CCCCCCCCCCC(=O)N2C(=O)N(c3cccc(C(F)(F)F)c3)C(C)=C(C(=O)OCC)C2c2ccc(C#N)cc2)C1c1ccc(C#N)cc1. The molecule has 4 aromatic rings. The van der Waals surface area contributed by atoms with Crippen molar-refractivity contribution in [3.63, 3.8) is 0 Å². The van der Waals surface area contributed by atoms with Crippen molar-refractivity contribution >= 4 is 47.2 Å². The van der Waals surface area contributed by atoms with E-state index in [9.17, 15) is 65.6 Å². The van der Waals surface area contributed by atoms with Crippen LogP contribution in [-0.2, 0) is 41.0 Å². The fraction of sp³-hybridized carbons (Fsp3) is 0.357. The molecule has 2 unspecified atom stereocenters. The van der Waals surface area contributed by atoms with Crippen LogP contribution in [0.15, 0.2) is 120 Å². The van der Waals surface area contributed by atoms with E-state index in [1.807, 2.05) is 12.1 Å². The van der Waals surface area contributed by atoms with Gasteiger partial charge in [0.05, 0.1) is 70.1 Å². The van der Waals surface area contributed by atoms with E-state index in [-0.39, 0.29) is 82.2 Å². The molecule has 2 atom stereocenters. The number of urea groups is 2. The van der Waals surface area contributed by atoms with Gasteiger partial charge in [0.15, 0.2) is 0 Å². The lowest BCUT2D eigenvalue weighted by Crippen LogP contribution is -2.53. The molecule has 2 aliphatic heterocycles. The van der Waals surface area contributed by atoms with Gasteiger partial charge in [-0.05, 0) is 112 Å². The average molecular weight is 1050 g/mol. The van der Waals surface area contributed by atoms with Crippen molar-refractivity contribution in [3.05, 3.63) is 153 Å². The highest BCUT2D eigenvalue weighted by atomic mass is 19.4. The van der Waals surface area contributed by atoms with Crippen molar-refractivity contribution in [1.29, 1.82) is 10.5 Å². The molecule has 2 aliphatic rings. The van der Waals surface area contributed by atoms with E-state index in [0.29, 0.717) is 51.4 Å². The number of allylic oxidation sites excluding steroid dienone is 2. The molecular weight excluding hydrogens is 999 g/mol. The third-order valence-corrected chi connectivity index (χ3v) is 12.9. The van der Waals surface area contributed by atoms with Crippen molar-refractivity contribution in [2.45, 2.75) is 116 Å². The van der Waals surface area contributed by atoms with Gasteiger partial charge >= 0.3 is 36.4 Å². The number of rotatable bonds is 19. The standard InChI is InChI=1S/C56H54F6N6O8/c1-5-75-51(71)47-35(3)65(43-19-15-17-41(31-43)55(57,58)59)53(73)67(49(47)39-27-23-37(33-63)24-28-39)45(69)21-13-11-9-7-8-10-12-14-22-46(70)68-50(40-29-25-38(34-64)26-30-40)48(52(72)76-6-2)36(4)66(54(68)74)44-20-16-18-42(32-44)56(60,61)62/h15-20,23-32,49-50H,5-14,21-22H2,1-4H3. The van der Waals surface area contributed by atoms with Crippen LogP contribution in [0.2, 0.25) is 0 Å². The fourth-order valence-corrected chi connectivity index (χ4v) is 9.27. The fourth-order valence-electron chi connectivity index (χ4n) is 9.27. The summed E-state index contributed by atoms with van der Waals surface area (Å²) in [6, 6.07) is 18.9. The Morgan fingerprint density at radius 1 is 0.526 bits per heavy atom. The second-order valence-corrected chi connectivity index (χ2v) is 17.9. The zero-order valence-corrected chi connectivity index (χ0v) is 42.1. The number of carbonyl (C=O) groups is 6. The van der Waals surface area contributed by atoms with Gasteiger partial charge in [0.25, 0.3) is 0 Å². The molecule has 4 aromatic carbocycles. The van der Waals surface area contributed by atoms with E-state index < -0.39 is 71.4 Å². The van der Waals surface area contributed by atoms with Crippen LogP contribution in [-0.4, -0.2) is 58.8 Å². The maximum absolute atomic E-state index is 14.5. The number of amides is 6. The Morgan fingerprint density at radius 2 is 0.855 bits per heavy atom. The number of ether oxygens (including phenoxy) is 2. The van der Waals surface area contributed by atoms with E-state index in [1.54, 1.807) is 13.8 Å². The van der Waals surface area contributed by atoms with Gasteiger partial charge in [0.1, 0.15) is 12.1 Å². The van der Waals surface area contributed by atoms with Gasteiger partial charge in [-0.25, -0.2) is 19.2 Å². The molecule has 76 heavy (non-hydrogen) atoms. The Balaban J connectivity index is 1.12. The molecule has 0 bridgehead atoms. The van der Waals surface area contributed by atoms with Crippen molar-refractivity contribution in [2.24, 2.45) is 0 Å². The van der Waals surface area contributed by atoms with Gasteiger partial charge in [0, 0.05) is 24.2 Å². The van der Waals surface area contributed by atoms with E-state index in [0.717, 1.165) is 56.0 Å². The van der Waals surface area contributed by atoms with E-state index >= 15 is 0 Å². The molecule has 0 fully saturated rings. The first-order valence-corrected chi connectivity index (χ1v) is 24.6. The molecule has 0 radical (unpaired) electrons. The minimum Gasteiger partial charge on any atom is -0.463 e. The molecule has 20 heteroatoms. The van der Waals surface area contributed by atoms with Crippen molar-refractivity contribution in [3.8, 4) is 12.1 Å². The maximum Gasteiger partial charge on any atom is 0.416 e. The normalized spacial score (nSPS) is 16.2. The van der Waals surface area contributed by atoms with E-state index in [1.165, 1.54) is 74.5 Å². The first kappa shape index (κ1) is 57.0. The Morgan fingerprint density at radius 3 is 1.16 bits per heavy atom. The number of halogens is 6. The van der Waals surface area contributed by atoms with Gasteiger partial charge in [0.2, 0.25) is 11.8 Å².